The molecule has 1 fully saturated rings. The van der Waals surface area contributed by atoms with Gasteiger partial charge in [-0.25, -0.2) is 0 Å². The maximum Gasteiger partial charge on any atom is 0.245 e. The van der Waals surface area contributed by atoms with E-state index in [0.29, 0.717) is 18.1 Å². The average molecular weight is 343 g/mol. The Morgan fingerprint density at radius 1 is 0.958 bits per heavy atom. The second-order valence-electron chi connectivity index (χ2n) is 6.00. The summed E-state index contributed by atoms with van der Waals surface area (Å²) in [6, 6.07) is 16.6. The van der Waals surface area contributed by atoms with Crippen molar-refractivity contribution in [2.75, 3.05) is 6.54 Å². The molecule has 1 aliphatic heterocycles. The molecule has 0 aliphatic carbocycles. The molecular weight excluding hydrogens is 324 g/mol. The molecule has 1 saturated heterocycles. The van der Waals surface area contributed by atoms with Crippen LogP contribution in [0.5, 0.6) is 0 Å². The van der Waals surface area contributed by atoms with Gasteiger partial charge in [-0.15, -0.1) is 0 Å². The first-order valence-electron chi connectivity index (χ1n) is 7.91. The predicted octanol–water partition coefficient (Wildman–Crippen LogP) is 3.10. The van der Waals surface area contributed by atoms with Gasteiger partial charge in [0.05, 0.1) is 0 Å². The highest BCUT2D eigenvalue weighted by molar-refractivity contribution is 6.30. The van der Waals surface area contributed by atoms with Gasteiger partial charge >= 0.3 is 0 Å². The molecule has 124 valence electrons. The molecule has 2 aromatic rings. The third-order valence-corrected chi connectivity index (χ3v) is 4.52. The molecule has 0 spiro atoms. The minimum Gasteiger partial charge on any atom is -0.327 e. The maximum absolute atomic E-state index is 12.6. The standard InChI is InChI=1S/C19H19ClN2O2/c1-14-19(24)21(11-15-5-3-2-4-6-15)13-18(23)22(14)12-16-7-9-17(20)10-8-16/h2-10,14H,11-13H2,1H3/t14-/m1/s1. The van der Waals surface area contributed by atoms with Crippen LogP contribution in [0.2, 0.25) is 5.02 Å². The van der Waals surface area contributed by atoms with Gasteiger partial charge in [0.25, 0.3) is 0 Å². The van der Waals surface area contributed by atoms with E-state index in [-0.39, 0.29) is 18.4 Å². The van der Waals surface area contributed by atoms with Crippen molar-refractivity contribution in [2.45, 2.75) is 26.1 Å². The summed E-state index contributed by atoms with van der Waals surface area (Å²) >= 11 is 5.89. The normalized spacial score (nSPS) is 18.2. The van der Waals surface area contributed by atoms with Crippen LogP contribution in [-0.2, 0) is 22.7 Å². The first-order valence-corrected chi connectivity index (χ1v) is 8.29. The first kappa shape index (κ1) is 16.5. The van der Waals surface area contributed by atoms with Gasteiger partial charge < -0.3 is 9.80 Å². The Bertz CT molecular complexity index is 731. The lowest BCUT2D eigenvalue weighted by atomic mass is 10.1. The van der Waals surface area contributed by atoms with Gasteiger partial charge in [0.15, 0.2) is 0 Å². The van der Waals surface area contributed by atoms with Gasteiger partial charge in [-0.05, 0) is 30.2 Å². The number of hydrogen-bond acceptors (Lipinski definition) is 2. The molecule has 3 rings (SSSR count). The van der Waals surface area contributed by atoms with Gasteiger partial charge in [0.1, 0.15) is 12.6 Å². The zero-order valence-electron chi connectivity index (χ0n) is 13.5. The summed E-state index contributed by atoms with van der Waals surface area (Å²) in [5.41, 5.74) is 1.99. The van der Waals surface area contributed by atoms with E-state index in [1.165, 1.54) is 0 Å². The molecular formula is C19H19ClN2O2. The minimum absolute atomic E-state index is 0.0209. The van der Waals surface area contributed by atoms with Gasteiger partial charge in [-0.2, -0.15) is 0 Å². The molecule has 24 heavy (non-hydrogen) atoms. The SMILES string of the molecule is C[C@@H]1C(=O)N(Cc2ccccc2)CC(=O)N1Cc1ccc(Cl)cc1. The van der Waals surface area contributed by atoms with Gasteiger partial charge in [0.2, 0.25) is 11.8 Å². The number of halogens is 1. The molecule has 1 heterocycles. The Hall–Kier alpha value is -2.33. The van der Waals surface area contributed by atoms with Crippen molar-refractivity contribution in [3.63, 3.8) is 0 Å². The molecule has 0 radical (unpaired) electrons. The van der Waals surface area contributed by atoms with Crippen LogP contribution < -0.4 is 0 Å². The zero-order chi connectivity index (χ0) is 17.1. The number of hydrogen-bond donors (Lipinski definition) is 0. The Labute approximate surface area is 146 Å². The first-order chi connectivity index (χ1) is 11.5. The summed E-state index contributed by atoms with van der Waals surface area (Å²) in [7, 11) is 0. The molecule has 1 aliphatic rings. The van der Waals surface area contributed by atoms with Crippen LogP contribution in [0, 0.1) is 0 Å². The number of nitrogens with zero attached hydrogens (tertiary/aromatic N) is 2. The van der Waals surface area contributed by atoms with Crippen LogP contribution in [-0.4, -0.2) is 34.2 Å². The predicted molar refractivity (Wildman–Crippen MR) is 93.3 cm³/mol. The van der Waals surface area contributed by atoms with Crippen LogP contribution in [0.1, 0.15) is 18.1 Å². The van der Waals surface area contributed by atoms with Gasteiger partial charge in [-0.1, -0.05) is 54.1 Å². The minimum atomic E-state index is -0.467. The average Bonchev–Trinajstić information content (AvgIpc) is 2.59. The van der Waals surface area contributed by atoms with E-state index < -0.39 is 6.04 Å². The molecule has 4 nitrogen and oxygen atoms in total. The fourth-order valence-electron chi connectivity index (χ4n) is 2.89. The number of piperazine rings is 1. The monoisotopic (exact) mass is 342 g/mol. The molecule has 5 heteroatoms. The largest absolute Gasteiger partial charge is 0.327 e. The molecule has 0 bridgehead atoms. The number of rotatable bonds is 4. The van der Waals surface area contributed by atoms with E-state index in [1.54, 1.807) is 28.9 Å². The molecule has 0 N–H and O–H groups in total. The summed E-state index contributed by atoms with van der Waals surface area (Å²) in [5.74, 6) is -0.0552. The lowest BCUT2D eigenvalue weighted by molar-refractivity contribution is -0.156. The van der Waals surface area contributed by atoms with E-state index in [4.69, 9.17) is 11.6 Å². The number of carbonyl (C=O) groups excluding carboxylic acids is 2. The van der Waals surface area contributed by atoms with Gasteiger partial charge in [-0.3, -0.25) is 9.59 Å². The lowest BCUT2D eigenvalue weighted by Crippen LogP contribution is -2.57. The van der Waals surface area contributed by atoms with Crippen LogP contribution in [0.4, 0.5) is 0 Å². The Morgan fingerprint density at radius 2 is 1.58 bits per heavy atom. The third kappa shape index (κ3) is 3.60. The van der Waals surface area contributed by atoms with Crippen LogP contribution >= 0.6 is 11.6 Å². The Morgan fingerprint density at radius 3 is 2.25 bits per heavy atom. The Kier molecular flexibility index (Phi) is 4.86. The van der Waals surface area contributed by atoms with E-state index in [9.17, 15) is 9.59 Å². The van der Waals surface area contributed by atoms with Crippen molar-refractivity contribution in [2.24, 2.45) is 0 Å². The van der Waals surface area contributed by atoms with E-state index >= 15 is 0 Å². The smallest absolute Gasteiger partial charge is 0.245 e. The molecule has 0 unspecified atom stereocenters. The van der Waals surface area contributed by atoms with Crippen LogP contribution in [0.15, 0.2) is 54.6 Å². The van der Waals surface area contributed by atoms with Crippen molar-refractivity contribution in [3.05, 3.63) is 70.7 Å². The summed E-state index contributed by atoms with van der Waals surface area (Å²) < 4.78 is 0. The lowest BCUT2D eigenvalue weighted by Gasteiger charge is -2.38. The number of benzene rings is 2. The second kappa shape index (κ2) is 7.05. The highest BCUT2D eigenvalue weighted by atomic mass is 35.5. The quantitative estimate of drug-likeness (QED) is 0.856. The van der Waals surface area contributed by atoms with E-state index in [1.807, 2.05) is 42.5 Å². The van der Waals surface area contributed by atoms with Crippen LogP contribution in [0.25, 0.3) is 0 Å². The third-order valence-electron chi connectivity index (χ3n) is 4.27. The van der Waals surface area contributed by atoms with Crippen molar-refractivity contribution in [1.82, 2.24) is 9.80 Å². The summed E-state index contributed by atoms with van der Waals surface area (Å²) in [6.07, 6.45) is 0. The van der Waals surface area contributed by atoms with Crippen molar-refractivity contribution in [3.8, 4) is 0 Å². The van der Waals surface area contributed by atoms with Crippen molar-refractivity contribution < 1.29 is 9.59 Å². The van der Waals surface area contributed by atoms with Gasteiger partial charge in [0, 0.05) is 18.1 Å². The molecule has 0 aromatic heterocycles. The maximum atomic E-state index is 12.6. The number of amides is 2. The van der Waals surface area contributed by atoms with Crippen LogP contribution in [0.3, 0.4) is 0 Å². The molecule has 1 atom stereocenters. The van der Waals surface area contributed by atoms with E-state index in [0.717, 1.165) is 11.1 Å². The number of carbonyl (C=O) groups is 2. The summed E-state index contributed by atoms with van der Waals surface area (Å²) in [4.78, 5) is 28.4. The second-order valence-corrected chi connectivity index (χ2v) is 6.44. The molecule has 2 aromatic carbocycles. The summed E-state index contributed by atoms with van der Waals surface area (Å²) in [6.45, 7) is 2.78. The highest BCUT2D eigenvalue weighted by Gasteiger charge is 2.36. The van der Waals surface area contributed by atoms with Crippen molar-refractivity contribution >= 4 is 23.4 Å². The Balaban J connectivity index is 1.71. The van der Waals surface area contributed by atoms with E-state index in [2.05, 4.69) is 0 Å². The zero-order valence-corrected chi connectivity index (χ0v) is 14.2. The fourth-order valence-corrected chi connectivity index (χ4v) is 3.02. The summed E-state index contributed by atoms with van der Waals surface area (Å²) in [5, 5.41) is 0.655. The topological polar surface area (TPSA) is 40.6 Å². The fraction of sp³-hybridized carbons (Fsp3) is 0.263. The molecule has 2 amide bonds. The molecule has 0 saturated carbocycles. The highest BCUT2D eigenvalue weighted by Crippen LogP contribution is 2.19. The van der Waals surface area contributed by atoms with Crippen molar-refractivity contribution in [1.29, 1.82) is 0 Å².